The number of likely N-dealkylation sites (N-methyl/N-ethyl adjacent to an activating group) is 1. The molecule has 118 valence electrons. The molecule has 0 amide bonds. The van der Waals surface area contributed by atoms with Crippen LogP contribution in [0.2, 0.25) is 0 Å². The lowest BCUT2D eigenvalue weighted by Crippen LogP contribution is -2.30. The fourth-order valence-corrected chi connectivity index (χ4v) is 2.45. The lowest BCUT2D eigenvalue weighted by atomic mass is 10.3. The van der Waals surface area contributed by atoms with Gasteiger partial charge in [0.25, 0.3) is 0 Å². The number of rotatable bonds is 7. The van der Waals surface area contributed by atoms with Crippen LogP contribution in [0.1, 0.15) is 12.1 Å². The quantitative estimate of drug-likeness (QED) is 0.300. The van der Waals surface area contributed by atoms with Crippen molar-refractivity contribution in [2.45, 2.75) is 19.0 Å². The zero-order valence-corrected chi connectivity index (χ0v) is 13.0. The first-order chi connectivity index (χ1) is 10.7. The van der Waals surface area contributed by atoms with Gasteiger partial charge in [0.05, 0.1) is 24.2 Å². The summed E-state index contributed by atoms with van der Waals surface area (Å²) in [5.74, 6) is 5.33. The second-order valence-corrected chi connectivity index (χ2v) is 5.27. The lowest BCUT2D eigenvalue weighted by Gasteiger charge is -2.20. The highest BCUT2D eigenvalue weighted by Gasteiger charge is 2.22. The minimum atomic E-state index is 0.504. The summed E-state index contributed by atoms with van der Waals surface area (Å²) < 4.78 is 0. The van der Waals surface area contributed by atoms with Crippen LogP contribution in [0.3, 0.4) is 0 Å². The number of aromatic nitrogens is 1. The fraction of sp³-hybridized carbons (Fsp3) is 0.375. The summed E-state index contributed by atoms with van der Waals surface area (Å²) in [5, 5.41) is 10.2. The van der Waals surface area contributed by atoms with Crippen molar-refractivity contribution in [1.82, 2.24) is 20.5 Å². The summed E-state index contributed by atoms with van der Waals surface area (Å²) in [6.07, 6.45) is 6.54. The van der Waals surface area contributed by atoms with Crippen molar-refractivity contribution in [3.63, 3.8) is 0 Å². The first kappa shape index (κ1) is 16.0. The van der Waals surface area contributed by atoms with Crippen molar-refractivity contribution in [3.05, 3.63) is 54.1 Å². The van der Waals surface area contributed by atoms with E-state index in [1.54, 1.807) is 12.4 Å². The number of pyridine rings is 1. The molecule has 2 heterocycles. The molecule has 1 fully saturated rings. The van der Waals surface area contributed by atoms with Crippen LogP contribution in [-0.2, 0) is 6.54 Å². The molecule has 22 heavy (non-hydrogen) atoms. The standard InChI is InChI=1S/C16H24N6/c1-13(20-10-14-5-3-4-7-19-14)9-16(11-21-17)22-8-6-15(12-22)18-2/h3-5,7,9,11,15,18,20H,1,6,8,10,12,17H2,2H3/b16-9+,21-11-/t15-/m1/s1. The smallest absolute Gasteiger partial charge is 0.0700 e. The second-order valence-electron chi connectivity index (χ2n) is 5.27. The van der Waals surface area contributed by atoms with Crippen LogP contribution in [0, 0.1) is 0 Å². The van der Waals surface area contributed by atoms with Gasteiger partial charge in [-0.1, -0.05) is 12.6 Å². The number of nitrogens with two attached hydrogens (primary N) is 1. The molecule has 4 N–H and O–H groups in total. The molecule has 0 unspecified atom stereocenters. The molecule has 6 nitrogen and oxygen atoms in total. The van der Waals surface area contributed by atoms with Gasteiger partial charge in [-0.25, -0.2) is 0 Å². The maximum absolute atomic E-state index is 5.33. The molecule has 0 aliphatic carbocycles. The van der Waals surface area contributed by atoms with Crippen molar-refractivity contribution in [3.8, 4) is 0 Å². The Morgan fingerprint density at radius 3 is 3.09 bits per heavy atom. The molecular weight excluding hydrogens is 276 g/mol. The minimum absolute atomic E-state index is 0.504. The second kappa shape index (κ2) is 8.19. The maximum atomic E-state index is 5.33. The molecule has 1 saturated heterocycles. The predicted octanol–water partition coefficient (Wildman–Crippen LogP) is 0.807. The van der Waals surface area contributed by atoms with Gasteiger partial charge in [-0.3, -0.25) is 4.98 Å². The molecule has 1 aromatic heterocycles. The first-order valence-electron chi connectivity index (χ1n) is 7.42. The molecule has 6 heteroatoms. The van der Waals surface area contributed by atoms with Gasteiger partial charge in [-0.15, -0.1) is 0 Å². The number of hydrogen-bond acceptors (Lipinski definition) is 6. The number of hydrazone groups is 1. The summed E-state index contributed by atoms with van der Waals surface area (Å²) in [7, 11) is 1.99. The molecule has 1 aliphatic heterocycles. The summed E-state index contributed by atoms with van der Waals surface area (Å²) in [6.45, 7) is 6.61. The van der Waals surface area contributed by atoms with Crippen LogP contribution in [0.4, 0.5) is 0 Å². The van der Waals surface area contributed by atoms with Crippen LogP contribution in [0.5, 0.6) is 0 Å². The van der Waals surface area contributed by atoms with Gasteiger partial charge in [0.2, 0.25) is 0 Å². The van der Waals surface area contributed by atoms with Crippen molar-refractivity contribution in [1.29, 1.82) is 0 Å². The van der Waals surface area contributed by atoms with E-state index in [-0.39, 0.29) is 0 Å². The molecule has 0 spiro atoms. The maximum Gasteiger partial charge on any atom is 0.0700 e. The number of nitrogens with one attached hydrogen (secondary N) is 2. The van der Waals surface area contributed by atoms with E-state index >= 15 is 0 Å². The van der Waals surface area contributed by atoms with E-state index in [1.807, 2.05) is 31.3 Å². The Kier molecular flexibility index (Phi) is 5.97. The van der Waals surface area contributed by atoms with Gasteiger partial charge in [-0.05, 0) is 31.7 Å². The Morgan fingerprint density at radius 1 is 1.59 bits per heavy atom. The first-order valence-corrected chi connectivity index (χ1v) is 7.42. The zero-order chi connectivity index (χ0) is 15.8. The number of hydrogen-bond donors (Lipinski definition) is 3. The normalized spacial score (nSPS) is 18.9. The Hall–Kier alpha value is -2.34. The third-order valence-electron chi connectivity index (χ3n) is 3.71. The van der Waals surface area contributed by atoms with E-state index in [0.717, 1.165) is 36.6 Å². The largest absolute Gasteiger partial charge is 0.380 e. The summed E-state index contributed by atoms with van der Waals surface area (Å²) in [6, 6.07) is 6.35. The highest BCUT2D eigenvalue weighted by atomic mass is 15.2. The van der Waals surface area contributed by atoms with Crippen LogP contribution >= 0.6 is 0 Å². The van der Waals surface area contributed by atoms with Crippen molar-refractivity contribution in [2.75, 3.05) is 20.1 Å². The lowest BCUT2D eigenvalue weighted by molar-refractivity contribution is 0.432. The van der Waals surface area contributed by atoms with Crippen molar-refractivity contribution in [2.24, 2.45) is 10.9 Å². The van der Waals surface area contributed by atoms with Gasteiger partial charge >= 0.3 is 0 Å². The zero-order valence-electron chi connectivity index (χ0n) is 13.0. The van der Waals surface area contributed by atoms with Crippen molar-refractivity contribution < 1.29 is 0 Å². The summed E-state index contributed by atoms with van der Waals surface area (Å²) in [4.78, 5) is 6.53. The SMILES string of the molecule is C=C(/C=C(\C=N/N)N1CC[C@@H](NC)C1)NCc1ccccn1. The van der Waals surface area contributed by atoms with E-state index in [4.69, 9.17) is 5.84 Å². The van der Waals surface area contributed by atoms with E-state index in [2.05, 4.69) is 32.2 Å². The topological polar surface area (TPSA) is 78.6 Å². The Morgan fingerprint density at radius 2 is 2.45 bits per heavy atom. The van der Waals surface area contributed by atoms with Gasteiger partial charge in [0.1, 0.15) is 0 Å². The molecule has 1 aliphatic rings. The Labute approximate surface area is 131 Å². The molecule has 1 atom stereocenters. The number of allylic oxidation sites excluding steroid dienone is 2. The molecule has 0 saturated carbocycles. The molecule has 0 bridgehead atoms. The number of nitrogens with zero attached hydrogens (tertiary/aromatic N) is 3. The van der Waals surface area contributed by atoms with E-state index in [0.29, 0.717) is 12.6 Å². The third-order valence-corrected chi connectivity index (χ3v) is 3.71. The van der Waals surface area contributed by atoms with Gasteiger partial charge in [0.15, 0.2) is 0 Å². The molecule has 0 radical (unpaired) electrons. The van der Waals surface area contributed by atoms with Gasteiger partial charge in [-0.2, -0.15) is 5.10 Å². The van der Waals surface area contributed by atoms with Crippen LogP contribution < -0.4 is 16.5 Å². The number of likely N-dealkylation sites (tertiary alicyclic amines) is 1. The fourth-order valence-electron chi connectivity index (χ4n) is 2.45. The van der Waals surface area contributed by atoms with Gasteiger partial charge < -0.3 is 21.4 Å². The van der Waals surface area contributed by atoms with Crippen LogP contribution in [0.15, 0.2) is 53.5 Å². The Bertz CT molecular complexity index is 537. The average Bonchev–Trinajstić information content (AvgIpc) is 3.02. The molecule has 1 aromatic rings. The van der Waals surface area contributed by atoms with E-state index in [9.17, 15) is 0 Å². The Balaban J connectivity index is 1.95. The molecule has 2 rings (SSSR count). The van der Waals surface area contributed by atoms with E-state index < -0.39 is 0 Å². The highest BCUT2D eigenvalue weighted by Crippen LogP contribution is 2.15. The highest BCUT2D eigenvalue weighted by molar-refractivity contribution is 5.78. The predicted molar refractivity (Wildman–Crippen MR) is 90.0 cm³/mol. The van der Waals surface area contributed by atoms with Crippen molar-refractivity contribution >= 4 is 6.21 Å². The van der Waals surface area contributed by atoms with E-state index in [1.165, 1.54) is 0 Å². The van der Waals surface area contributed by atoms with Gasteiger partial charge in [0, 0.05) is 31.0 Å². The molecule has 0 aromatic carbocycles. The average molecular weight is 300 g/mol. The van der Waals surface area contributed by atoms with Crippen LogP contribution in [0.25, 0.3) is 0 Å². The van der Waals surface area contributed by atoms with Crippen LogP contribution in [-0.4, -0.2) is 42.3 Å². The monoisotopic (exact) mass is 300 g/mol. The summed E-state index contributed by atoms with van der Waals surface area (Å²) in [5.41, 5.74) is 2.76. The third kappa shape index (κ3) is 4.60. The molecular formula is C16H24N6. The summed E-state index contributed by atoms with van der Waals surface area (Å²) >= 11 is 0. The minimum Gasteiger partial charge on any atom is -0.380 e.